The Labute approximate surface area is 175 Å². The van der Waals surface area contributed by atoms with Crippen molar-refractivity contribution in [3.63, 3.8) is 0 Å². The summed E-state index contributed by atoms with van der Waals surface area (Å²) in [5, 5.41) is 4.25. The van der Waals surface area contributed by atoms with Crippen molar-refractivity contribution in [1.82, 2.24) is 20.1 Å². The number of ether oxygens (including phenoxy) is 1. The maximum atomic E-state index is 12.8. The Bertz CT molecular complexity index is 1270. The first-order chi connectivity index (χ1) is 14.5. The summed E-state index contributed by atoms with van der Waals surface area (Å²) in [6, 6.07) is 14.1. The first kappa shape index (κ1) is 19.8. The van der Waals surface area contributed by atoms with E-state index in [9.17, 15) is 9.59 Å². The van der Waals surface area contributed by atoms with Gasteiger partial charge >= 0.3 is 5.97 Å². The van der Waals surface area contributed by atoms with Gasteiger partial charge in [-0.1, -0.05) is 29.4 Å². The molecule has 0 spiro atoms. The number of nitrogens with zero attached hydrogens (tertiary/aromatic N) is 3. The van der Waals surface area contributed by atoms with Crippen LogP contribution in [0.1, 0.15) is 40.9 Å². The van der Waals surface area contributed by atoms with Crippen LogP contribution in [0.3, 0.4) is 0 Å². The number of carbonyl (C=O) groups excluding carboxylic acids is 1. The summed E-state index contributed by atoms with van der Waals surface area (Å²) in [7, 11) is 0. The Hall–Kier alpha value is -3.46. The van der Waals surface area contributed by atoms with Crippen LogP contribution in [0.4, 0.5) is 0 Å². The van der Waals surface area contributed by atoms with Crippen LogP contribution in [-0.2, 0) is 10.5 Å². The number of hydrogen-bond acceptors (Lipinski definition) is 8. The van der Waals surface area contributed by atoms with E-state index in [2.05, 4.69) is 20.1 Å². The highest BCUT2D eigenvalue weighted by Gasteiger charge is 2.19. The maximum absolute atomic E-state index is 12.8. The average Bonchev–Trinajstić information content (AvgIpc) is 3.17. The van der Waals surface area contributed by atoms with E-state index in [1.165, 1.54) is 11.8 Å². The summed E-state index contributed by atoms with van der Waals surface area (Å²) in [4.78, 5) is 37.1. The molecule has 4 aromatic rings. The van der Waals surface area contributed by atoms with Crippen molar-refractivity contribution in [1.29, 1.82) is 0 Å². The molecule has 9 heteroatoms. The molecule has 0 unspecified atom stereocenters. The van der Waals surface area contributed by atoms with Gasteiger partial charge in [0.1, 0.15) is 0 Å². The molecule has 8 nitrogen and oxygen atoms in total. The second-order valence-corrected chi connectivity index (χ2v) is 7.55. The standard InChI is InChI=1S/C21H18N4O4S/c1-12(19-23-16-9-5-3-7-14(16)20(26)24-19)28-21(27)15-8-4-6-10-17(15)30-11-18-22-13(2)25-29-18/h3-10,12H,11H2,1-2H3,(H,23,24,26)/t12-/m0/s1. The van der Waals surface area contributed by atoms with Crippen LogP contribution in [0.25, 0.3) is 10.9 Å². The van der Waals surface area contributed by atoms with Crippen LogP contribution in [0.2, 0.25) is 0 Å². The highest BCUT2D eigenvalue weighted by molar-refractivity contribution is 7.98. The topological polar surface area (TPSA) is 111 Å². The molecule has 1 atom stereocenters. The molecule has 1 N–H and O–H groups in total. The smallest absolute Gasteiger partial charge is 0.339 e. The Kier molecular flexibility index (Phi) is 5.62. The highest BCUT2D eigenvalue weighted by atomic mass is 32.2. The molecule has 0 aliphatic carbocycles. The normalized spacial score (nSPS) is 12.1. The van der Waals surface area contributed by atoms with Crippen LogP contribution >= 0.6 is 11.8 Å². The Morgan fingerprint density at radius 3 is 2.73 bits per heavy atom. The van der Waals surface area contributed by atoms with Crippen molar-refractivity contribution in [2.24, 2.45) is 0 Å². The van der Waals surface area contributed by atoms with Crippen molar-refractivity contribution >= 4 is 28.6 Å². The fourth-order valence-electron chi connectivity index (χ4n) is 2.88. The number of H-pyrrole nitrogens is 1. The monoisotopic (exact) mass is 422 g/mol. The number of hydrogen-bond donors (Lipinski definition) is 1. The molecule has 0 saturated heterocycles. The molecule has 152 valence electrons. The van der Waals surface area contributed by atoms with Gasteiger partial charge in [0, 0.05) is 4.90 Å². The lowest BCUT2D eigenvalue weighted by atomic mass is 10.2. The van der Waals surface area contributed by atoms with E-state index in [1.54, 1.807) is 50.2 Å². The summed E-state index contributed by atoms with van der Waals surface area (Å²) in [6.45, 7) is 3.41. The number of fused-ring (bicyclic) bond motifs is 1. The second-order valence-electron chi connectivity index (χ2n) is 6.54. The molecule has 0 bridgehead atoms. The van der Waals surface area contributed by atoms with Crippen LogP contribution in [0, 0.1) is 6.92 Å². The average molecular weight is 422 g/mol. The minimum Gasteiger partial charge on any atom is -0.451 e. The first-order valence-electron chi connectivity index (χ1n) is 9.22. The quantitative estimate of drug-likeness (QED) is 0.369. The van der Waals surface area contributed by atoms with Crippen LogP contribution in [-0.4, -0.2) is 26.1 Å². The zero-order chi connectivity index (χ0) is 21.1. The van der Waals surface area contributed by atoms with E-state index in [0.717, 1.165) is 4.90 Å². The molecule has 2 heterocycles. The van der Waals surface area contributed by atoms with Gasteiger partial charge in [-0.25, -0.2) is 9.78 Å². The van der Waals surface area contributed by atoms with Crippen LogP contribution < -0.4 is 5.56 Å². The van der Waals surface area contributed by atoms with Gasteiger partial charge in [0.05, 0.1) is 22.2 Å². The van der Waals surface area contributed by atoms with Crippen LogP contribution in [0.15, 0.2) is 62.7 Å². The first-order valence-corrected chi connectivity index (χ1v) is 10.2. The van der Waals surface area contributed by atoms with Gasteiger partial charge in [0.2, 0.25) is 5.89 Å². The number of esters is 1. The van der Waals surface area contributed by atoms with E-state index < -0.39 is 12.1 Å². The maximum Gasteiger partial charge on any atom is 0.339 e. The number of aromatic nitrogens is 4. The van der Waals surface area contributed by atoms with Crippen molar-refractivity contribution in [3.05, 3.63) is 82.0 Å². The Balaban J connectivity index is 1.52. The van der Waals surface area contributed by atoms with Gasteiger partial charge in [-0.15, -0.1) is 11.8 Å². The third kappa shape index (κ3) is 4.25. The minimum atomic E-state index is -0.730. The minimum absolute atomic E-state index is 0.274. The molecule has 30 heavy (non-hydrogen) atoms. The summed E-state index contributed by atoms with van der Waals surface area (Å²) >= 11 is 1.40. The number of benzene rings is 2. The number of para-hydroxylation sites is 1. The highest BCUT2D eigenvalue weighted by Crippen LogP contribution is 2.27. The fraction of sp³-hybridized carbons (Fsp3) is 0.190. The zero-order valence-electron chi connectivity index (χ0n) is 16.3. The largest absolute Gasteiger partial charge is 0.451 e. The second kappa shape index (κ2) is 8.50. The number of aromatic amines is 1. The molecule has 0 aliphatic heterocycles. The van der Waals surface area contributed by atoms with Gasteiger partial charge in [-0.3, -0.25) is 4.79 Å². The van der Waals surface area contributed by atoms with E-state index >= 15 is 0 Å². The lowest BCUT2D eigenvalue weighted by Crippen LogP contribution is -2.17. The summed E-state index contributed by atoms with van der Waals surface area (Å²) in [5.41, 5.74) is 0.683. The number of aryl methyl sites for hydroxylation is 1. The van der Waals surface area contributed by atoms with Crippen molar-refractivity contribution in [3.8, 4) is 0 Å². The number of nitrogens with one attached hydrogen (secondary N) is 1. The molecule has 2 aromatic heterocycles. The van der Waals surface area contributed by atoms with Gasteiger partial charge in [-0.2, -0.15) is 4.98 Å². The van der Waals surface area contributed by atoms with Crippen molar-refractivity contribution in [2.75, 3.05) is 0 Å². The molecule has 0 radical (unpaired) electrons. The lowest BCUT2D eigenvalue weighted by Gasteiger charge is -2.14. The lowest BCUT2D eigenvalue weighted by molar-refractivity contribution is 0.0316. The Morgan fingerprint density at radius 2 is 1.93 bits per heavy atom. The zero-order valence-corrected chi connectivity index (χ0v) is 17.1. The van der Waals surface area contributed by atoms with Gasteiger partial charge < -0.3 is 14.2 Å². The van der Waals surface area contributed by atoms with E-state index in [1.807, 2.05) is 12.1 Å². The summed E-state index contributed by atoms with van der Waals surface area (Å²) in [5.74, 6) is 1.25. The molecule has 2 aromatic carbocycles. The number of rotatable bonds is 6. The molecular formula is C21H18N4O4S. The van der Waals surface area contributed by atoms with Crippen molar-refractivity contribution in [2.45, 2.75) is 30.6 Å². The van der Waals surface area contributed by atoms with Crippen LogP contribution in [0.5, 0.6) is 0 Å². The van der Waals surface area contributed by atoms with Gasteiger partial charge in [0.25, 0.3) is 5.56 Å². The van der Waals surface area contributed by atoms with E-state index in [0.29, 0.717) is 39.8 Å². The number of thioether (sulfide) groups is 1. The van der Waals surface area contributed by atoms with Crippen molar-refractivity contribution < 1.29 is 14.1 Å². The van der Waals surface area contributed by atoms with Gasteiger partial charge in [0.15, 0.2) is 17.8 Å². The van der Waals surface area contributed by atoms with E-state index in [4.69, 9.17) is 9.26 Å². The summed E-state index contributed by atoms with van der Waals surface area (Å²) < 4.78 is 10.7. The fourth-order valence-corrected chi connectivity index (χ4v) is 3.75. The third-order valence-corrected chi connectivity index (χ3v) is 5.39. The molecule has 0 aliphatic rings. The molecule has 0 amide bonds. The number of carbonyl (C=O) groups is 1. The molecule has 4 rings (SSSR count). The third-order valence-electron chi connectivity index (χ3n) is 4.33. The Morgan fingerprint density at radius 1 is 1.17 bits per heavy atom. The van der Waals surface area contributed by atoms with Gasteiger partial charge in [-0.05, 0) is 38.1 Å². The molecule has 0 saturated carbocycles. The predicted molar refractivity (Wildman–Crippen MR) is 111 cm³/mol. The summed E-state index contributed by atoms with van der Waals surface area (Å²) in [6.07, 6.45) is -0.730. The molecule has 0 fully saturated rings. The SMILES string of the molecule is Cc1noc(CSc2ccccc2C(=O)O[C@@H](C)c2nc3ccccc3c(=O)[nH]2)n1. The predicted octanol–water partition coefficient (Wildman–Crippen LogP) is 3.82. The molecular weight excluding hydrogens is 404 g/mol. The van der Waals surface area contributed by atoms with E-state index in [-0.39, 0.29) is 5.56 Å².